The summed E-state index contributed by atoms with van der Waals surface area (Å²) in [7, 11) is 0. The summed E-state index contributed by atoms with van der Waals surface area (Å²) in [4.78, 5) is 2.19. The van der Waals surface area contributed by atoms with Crippen molar-refractivity contribution in [2.75, 3.05) is 11.4 Å². The fourth-order valence-corrected chi connectivity index (χ4v) is 6.75. The number of fused-ring (bicyclic) bond motifs is 3. The Hall–Kier alpha value is -5.89. The Morgan fingerprint density at radius 3 is 1.63 bits per heavy atom. The van der Waals surface area contributed by atoms with Gasteiger partial charge in [0.2, 0.25) is 0 Å². The predicted molar refractivity (Wildman–Crippen MR) is 192 cm³/mol. The van der Waals surface area contributed by atoms with Gasteiger partial charge in [-0.15, -0.1) is 0 Å². The molecule has 6 aromatic rings. The molecule has 7 heteroatoms. The monoisotopic (exact) mass is 649 g/mol. The van der Waals surface area contributed by atoms with E-state index in [0.29, 0.717) is 29.2 Å². The fourth-order valence-electron chi connectivity index (χ4n) is 6.75. The lowest BCUT2D eigenvalue weighted by Crippen LogP contribution is -2.34. The number of para-hydroxylation sites is 2. The van der Waals surface area contributed by atoms with Crippen molar-refractivity contribution in [3.63, 3.8) is 0 Å². The molecular weight excluding hydrogens is 619 g/mol. The van der Waals surface area contributed by atoms with Crippen LogP contribution in [0.15, 0.2) is 170 Å². The van der Waals surface area contributed by atoms with Gasteiger partial charge in [0.05, 0.1) is 16.7 Å². The molecule has 0 bridgehead atoms. The Morgan fingerprint density at radius 1 is 0.592 bits per heavy atom. The van der Waals surface area contributed by atoms with E-state index in [2.05, 4.69) is 40.5 Å². The number of alkyl halides is 3. The quantitative estimate of drug-likeness (QED) is 0.144. The maximum absolute atomic E-state index is 15.2. The van der Waals surface area contributed by atoms with Crippen LogP contribution in [0.2, 0.25) is 0 Å². The first-order chi connectivity index (χ1) is 23.8. The summed E-state index contributed by atoms with van der Waals surface area (Å²) in [5.74, 6) is 0. The first-order valence-electron chi connectivity index (χ1n) is 16.0. The number of halogens is 3. The van der Waals surface area contributed by atoms with Crippen molar-refractivity contribution in [3.8, 4) is 22.3 Å². The van der Waals surface area contributed by atoms with E-state index in [4.69, 9.17) is 0 Å². The summed E-state index contributed by atoms with van der Waals surface area (Å²) >= 11 is 0. The number of dihydropyridines is 1. The second-order valence-corrected chi connectivity index (χ2v) is 12.1. The largest absolute Gasteiger partial charge is 0.616 e. The van der Waals surface area contributed by atoms with Gasteiger partial charge in [-0.3, -0.25) is 4.65 Å². The molecule has 0 amide bonds. The number of hydroxylamine groups is 1. The summed E-state index contributed by atoms with van der Waals surface area (Å²) in [6.45, 7) is 0.561. The van der Waals surface area contributed by atoms with Gasteiger partial charge in [-0.1, -0.05) is 72.8 Å². The normalized spacial score (nSPS) is 16.6. The fraction of sp³-hybridized carbons (Fsp3) is 0.0476. The van der Waals surface area contributed by atoms with Crippen LogP contribution in [0.1, 0.15) is 11.1 Å². The molecule has 0 radical (unpaired) electrons. The Bertz CT molecular complexity index is 2150. The molecular formula is C42H30F3N3O. The molecule has 4 nitrogen and oxygen atoms in total. The van der Waals surface area contributed by atoms with E-state index in [1.165, 1.54) is 12.1 Å². The van der Waals surface area contributed by atoms with Crippen LogP contribution in [0.25, 0.3) is 27.8 Å². The number of benzene rings is 6. The molecule has 6 aromatic carbocycles. The highest BCUT2D eigenvalue weighted by Crippen LogP contribution is 2.55. The summed E-state index contributed by atoms with van der Waals surface area (Å²) in [5.41, 5.74) is 9.40. The maximum Gasteiger partial charge on any atom is 0.416 e. The minimum Gasteiger partial charge on any atom is -0.616 e. The van der Waals surface area contributed by atoms with Crippen LogP contribution in [0.3, 0.4) is 0 Å². The topological polar surface area (TPSA) is 38.3 Å². The van der Waals surface area contributed by atoms with Gasteiger partial charge >= 0.3 is 6.18 Å². The molecule has 2 heterocycles. The van der Waals surface area contributed by atoms with Crippen molar-refractivity contribution >= 4 is 34.0 Å². The summed E-state index contributed by atoms with van der Waals surface area (Å²) in [6, 6.07) is 46.9. The van der Waals surface area contributed by atoms with Gasteiger partial charge in [0.15, 0.2) is 5.69 Å². The van der Waals surface area contributed by atoms with Gasteiger partial charge < -0.3 is 15.4 Å². The van der Waals surface area contributed by atoms with E-state index in [9.17, 15) is 13.2 Å². The number of nitrogens with zero attached hydrogens (tertiary/aromatic N) is 2. The highest BCUT2D eigenvalue weighted by molar-refractivity contribution is 5.99. The van der Waals surface area contributed by atoms with E-state index >= 15 is 5.21 Å². The smallest absolute Gasteiger partial charge is 0.416 e. The molecule has 0 aliphatic carbocycles. The molecule has 0 fully saturated rings. The van der Waals surface area contributed by atoms with Gasteiger partial charge in [0.25, 0.3) is 0 Å². The van der Waals surface area contributed by atoms with E-state index in [1.54, 1.807) is 0 Å². The van der Waals surface area contributed by atoms with Gasteiger partial charge in [0, 0.05) is 48.0 Å². The van der Waals surface area contributed by atoms with E-state index in [1.807, 2.05) is 109 Å². The van der Waals surface area contributed by atoms with E-state index < -0.39 is 16.4 Å². The van der Waals surface area contributed by atoms with Crippen LogP contribution >= 0.6 is 0 Å². The number of quaternary nitrogens is 1. The van der Waals surface area contributed by atoms with Crippen molar-refractivity contribution in [1.82, 2.24) is 9.96 Å². The second-order valence-electron chi connectivity index (χ2n) is 12.1. The standard InChI is InChI=1S/C42H30F3N3O/c43-42(44,45)33-19-15-31(16-20-33)29-11-13-30(14-12-29)32-17-22-37(23-18-32)48(49)40-24-21-36(27-38(40)39-28-46-26-25-41(39)48)47(34-7-3-1-4-8-34)35-9-5-2-6-10-35/h1-25,27-28,46H,26H2. The molecule has 2 aliphatic heterocycles. The maximum atomic E-state index is 15.2. The Balaban J connectivity index is 1.13. The van der Waals surface area contributed by atoms with Crippen LogP contribution in [-0.4, -0.2) is 6.54 Å². The molecule has 0 saturated carbocycles. The van der Waals surface area contributed by atoms with E-state index in [-0.39, 0.29) is 0 Å². The number of allylic oxidation sites excluding steroid dienone is 1. The zero-order valence-electron chi connectivity index (χ0n) is 26.2. The van der Waals surface area contributed by atoms with Gasteiger partial charge in [-0.2, -0.15) is 13.2 Å². The third-order valence-corrected chi connectivity index (χ3v) is 9.17. The van der Waals surface area contributed by atoms with Crippen LogP contribution in [0.5, 0.6) is 0 Å². The van der Waals surface area contributed by atoms with Crippen molar-refractivity contribution in [3.05, 3.63) is 186 Å². The number of anilines is 3. The number of hydrogen-bond acceptors (Lipinski definition) is 3. The summed E-state index contributed by atoms with van der Waals surface area (Å²) in [5, 5.41) is 18.5. The molecule has 0 spiro atoms. The third-order valence-electron chi connectivity index (χ3n) is 9.17. The molecule has 2 aliphatic rings. The van der Waals surface area contributed by atoms with Gasteiger partial charge in [-0.05, 0) is 89.0 Å². The van der Waals surface area contributed by atoms with Crippen molar-refractivity contribution in [2.45, 2.75) is 6.18 Å². The average molecular weight is 650 g/mol. The molecule has 1 atom stereocenters. The first-order valence-corrected chi connectivity index (χ1v) is 16.0. The molecule has 1 N–H and O–H groups in total. The number of rotatable bonds is 6. The number of hydrogen-bond donors (Lipinski definition) is 1. The van der Waals surface area contributed by atoms with Gasteiger partial charge in [0.1, 0.15) is 11.4 Å². The SMILES string of the molecule is [O-][N+]1(c2ccc(-c3ccc(-c4ccc(C(F)(F)F)cc4)cc3)cc2)C2=CCNC=C2c2cc(N(c3ccccc3)c3ccccc3)ccc21. The summed E-state index contributed by atoms with van der Waals surface area (Å²) < 4.78 is 38.3. The Morgan fingerprint density at radius 2 is 1.10 bits per heavy atom. The van der Waals surface area contributed by atoms with Crippen LogP contribution in [-0.2, 0) is 6.18 Å². The minimum atomic E-state index is -4.37. The second kappa shape index (κ2) is 12.0. The first kappa shape index (κ1) is 30.4. The lowest BCUT2D eigenvalue weighted by molar-refractivity contribution is -0.137. The number of nitrogens with one attached hydrogen (secondary N) is 1. The average Bonchev–Trinajstić information content (AvgIpc) is 3.41. The minimum absolute atomic E-state index is 0.561. The van der Waals surface area contributed by atoms with E-state index in [0.717, 1.165) is 57.0 Å². The molecule has 0 saturated heterocycles. The van der Waals surface area contributed by atoms with Crippen LogP contribution in [0.4, 0.5) is 41.6 Å². The Labute approximate surface area is 282 Å². The molecule has 240 valence electrons. The molecule has 8 rings (SSSR count). The highest BCUT2D eigenvalue weighted by atomic mass is 19.4. The zero-order chi connectivity index (χ0) is 33.6. The van der Waals surface area contributed by atoms with Crippen LogP contribution in [0, 0.1) is 5.21 Å². The molecule has 1 unspecified atom stereocenters. The van der Waals surface area contributed by atoms with Crippen molar-refractivity contribution < 1.29 is 13.2 Å². The Kier molecular flexibility index (Phi) is 7.44. The zero-order valence-corrected chi connectivity index (χ0v) is 26.2. The van der Waals surface area contributed by atoms with Gasteiger partial charge in [-0.25, -0.2) is 0 Å². The van der Waals surface area contributed by atoms with Crippen molar-refractivity contribution in [2.24, 2.45) is 0 Å². The molecule has 49 heavy (non-hydrogen) atoms. The third kappa shape index (κ3) is 5.39. The highest BCUT2D eigenvalue weighted by Gasteiger charge is 2.43. The van der Waals surface area contributed by atoms with Crippen LogP contribution < -0.4 is 14.9 Å². The lowest BCUT2D eigenvalue weighted by Gasteiger charge is -2.39. The van der Waals surface area contributed by atoms with Crippen molar-refractivity contribution in [1.29, 1.82) is 0 Å². The lowest BCUT2D eigenvalue weighted by atomic mass is 9.99. The molecule has 0 aromatic heterocycles. The predicted octanol–water partition coefficient (Wildman–Crippen LogP) is 11.5. The summed E-state index contributed by atoms with van der Waals surface area (Å²) in [6.07, 6.45) is -0.451.